The number of benzene rings is 1. The molecule has 1 aromatic rings. The number of fused-ring (bicyclic) bond motifs is 1. The van der Waals surface area contributed by atoms with Gasteiger partial charge in [-0.1, -0.05) is 38.1 Å². The molecule has 1 atom stereocenters. The maximum Gasteiger partial charge on any atom is 0.293 e. The molecule has 1 aliphatic rings. The molecule has 1 aromatic carbocycles. The van der Waals surface area contributed by atoms with Gasteiger partial charge < -0.3 is 10.1 Å². The fraction of sp³-hybridized carbons (Fsp3) is 0.562. The number of carbonyl (C=O) groups is 1. The molecule has 0 bridgehead atoms. The minimum absolute atomic E-state index is 0.318. The van der Waals surface area contributed by atoms with E-state index in [0.29, 0.717) is 18.4 Å². The Balaban J connectivity index is 0.000000224. The number of carbonyl (C=O) groups excluding carboxylic acids is 1. The largest absolute Gasteiger partial charge is 0.462 e. The Morgan fingerprint density at radius 2 is 1.95 bits per heavy atom. The van der Waals surface area contributed by atoms with E-state index in [1.165, 1.54) is 11.1 Å². The number of rotatable bonds is 2. The van der Waals surface area contributed by atoms with Crippen LogP contribution in [0.3, 0.4) is 0 Å². The third kappa shape index (κ3) is 5.03. The standard InChI is InChI=1S/C11H15N.C5H10O2/c1-8(2)11-10-6-4-3-5-9(10)7-12-11;1-5(2,3)7-4-6/h3-6,8,11-12H,7H2,1-2H3;4H,1-3H3. The molecule has 3 nitrogen and oxygen atoms in total. The predicted octanol–water partition coefficient (Wildman–Crippen LogP) is 3.44. The molecule has 0 saturated carbocycles. The quantitative estimate of drug-likeness (QED) is 0.831. The van der Waals surface area contributed by atoms with Crippen molar-refractivity contribution in [2.75, 3.05) is 0 Å². The summed E-state index contributed by atoms with van der Waals surface area (Å²) in [4.78, 5) is 9.60. The summed E-state index contributed by atoms with van der Waals surface area (Å²) in [7, 11) is 0. The predicted molar refractivity (Wildman–Crippen MR) is 77.8 cm³/mol. The van der Waals surface area contributed by atoms with Gasteiger partial charge in [-0.25, -0.2) is 0 Å². The first-order valence-corrected chi connectivity index (χ1v) is 6.78. The number of hydrogen-bond acceptors (Lipinski definition) is 3. The monoisotopic (exact) mass is 263 g/mol. The van der Waals surface area contributed by atoms with Gasteiger partial charge in [0.1, 0.15) is 5.60 Å². The zero-order valence-corrected chi connectivity index (χ0v) is 12.6. The van der Waals surface area contributed by atoms with E-state index in [1.807, 2.05) is 20.8 Å². The van der Waals surface area contributed by atoms with Gasteiger partial charge in [0.25, 0.3) is 6.47 Å². The summed E-state index contributed by atoms with van der Waals surface area (Å²) in [6.45, 7) is 11.5. The minimum Gasteiger partial charge on any atom is -0.462 e. The first-order valence-electron chi connectivity index (χ1n) is 6.78. The minimum atomic E-state index is -0.318. The lowest BCUT2D eigenvalue weighted by molar-refractivity contribution is -0.138. The molecule has 1 N–H and O–H groups in total. The van der Waals surface area contributed by atoms with Gasteiger partial charge in [-0.15, -0.1) is 0 Å². The lowest BCUT2D eigenvalue weighted by atomic mass is 9.96. The van der Waals surface area contributed by atoms with Crippen LogP contribution < -0.4 is 5.32 Å². The lowest BCUT2D eigenvalue weighted by Gasteiger charge is -2.15. The third-order valence-corrected chi connectivity index (χ3v) is 2.97. The molecule has 0 aromatic heterocycles. The van der Waals surface area contributed by atoms with Crippen molar-refractivity contribution in [3.63, 3.8) is 0 Å². The van der Waals surface area contributed by atoms with E-state index in [-0.39, 0.29) is 5.60 Å². The highest BCUT2D eigenvalue weighted by Gasteiger charge is 2.23. The molecule has 3 heteroatoms. The van der Waals surface area contributed by atoms with Crippen LogP contribution in [0, 0.1) is 5.92 Å². The third-order valence-electron chi connectivity index (χ3n) is 2.97. The Bertz CT molecular complexity index is 407. The van der Waals surface area contributed by atoms with Crippen LogP contribution in [0.1, 0.15) is 51.8 Å². The highest BCUT2D eigenvalue weighted by Crippen LogP contribution is 2.30. The second-order valence-corrected chi connectivity index (χ2v) is 6.13. The van der Waals surface area contributed by atoms with E-state index in [4.69, 9.17) is 0 Å². The maximum atomic E-state index is 9.60. The molecule has 0 radical (unpaired) electrons. The van der Waals surface area contributed by atoms with Crippen LogP contribution in [0.15, 0.2) is 24.3 Å². The fourth-order valence-corrected chi connectivity index (χ4v) is 2.07. The summed E-state index contributed by atoms with van der Waals surface area (Å²) in [5, 5.41) is 3.52. The van der Waals surface area contributed by atoms with Crippen molar-refractivity contribution in [3.05, 3.63) is 35.4 Å². The first kappa shape index (κ1) is 15.7. The molecule has 1 aliphatic heterocycles. The van der Waals surface area contributed by atoms with Gasteiger partial charge in [0.2, 0.25) is 0 Å². The van der Waals surface area contributed by atoms with Crippen molar-refractivity contribution in [2.45, 2.75) is 52.8 Å². The van der Waals surface area contributed by atoms with Gasteiger partial charge in [0.15, 0.2) is 0 Å². The topological polar surface area (TPSA) is 38.3 Å². The van der Waals surface area contributed by atoms with E-state index < -0.39 is 0 Å². The summed E-state index contributed by atoms with van der Waals surface area (Å²) in [5.41, 5.74) is 2.64. The lowest BCUT2D eigenvalue weighted by Crippen LogP contribution is -2.17. The van der Waals surface area contributed by atoms with Crippen LogP contribution >= 0.6 is 0 Å². The molecule has 106 valence electrons. The molecular weight excluding hydrogens is 238 g/mol. The number of ether oxygens (including phenoxy) is 1. The second kappa shape index (κ2) is 6.71. The fourth-order valence-electron chi connectivity index (χ4n) is 2.07. The zero-order valence-electron chi connectivity index (χ0n) is 12.6. The summed E-state index contributed by atoms with van der Waals surface area (Å²) in [6.07, 6.45) is 0. The van der Waals surface area contributed by atoms with Crippen molar-refractivity contribution in [1.29, 1.82) is 0 Å². The molecule has 2 rings (SSSR count). The summed E-state index contributed by atoms with van der Waals surface area (Å²) in [5.74, 6) is 0.689. The number of hydrogen-bond donors (Lipinski definition) is 1. The van der Waals surface area contributed by atoms with Crippen molar-refractivity contribution in [3.8, 4) is 0 Å². The van der Waals surface area contributed by atoms with E-state index in [1.54, 1.807) is 0 Å². The van der Waals surface area contributed by atoms with Crippen LogP contribution in [0.2, 0.25) is 0 Å². The van der Waals surface area contributed by atoms with E-state index in [0.717, 1.165) is 6.54 Å². The first-order chi connectivity index (χ1) is 8.85. The van der Waals surface area contributed by atoms with Gasteiger partial charge in [-0.05, 0) is 37.8 Å². The summed E-state index contributed by atoms with van der Waals surface area (Å²) in [6, 6.07) is 9.26. The van der Waals surface area contributed by atoms with Crippen LogP contribution in [0.4, 0.5) is 0 Å². The molecule has 1 unspecified atom stereocenters. The van der Waals surface area contributed by atoms with Gasteiger partial charge >= 0.3 is 0 Å². The van der Waals surface area contributed by atoms with E-state index in [9.17, 15) is 4.79 Å². The molecule has 0 aliphatic carbocycles. The second-order valence-electron chi connectivity index (χ2n) is 6.13. The van der Waals surface area contributed by atoms with E-state index >= 15 is 0 Å². The van der Waals surface area contributed by atoms with Crippen LogP contribution in [0.5, 0.6) is 0 Å². The Morgan fingerprint density at radius 3 is 2.42 bits per heavy atom. The summed E-state index contributed by atoms with van der Waals surface area (Å²) < 4.78 is 4.55. The van der Waals surface area contributed by atoms with Crippen molar-refractivity contribution in [1.82, 2.24) is 5.32 Å². The Hall–Kier alpha value is -1.35. The Morgan fingerprint density at radius 1 is 1.32 bits per heavy atom. The van der Waals surface area contributed by atoms with Gasteiger partial charge in [-0.3, -0.25) is 4.79 Å². The zero-order chi connectivity index (χ0) is 14.5. The molecule has 19 heavy (non-hydrogen) atoms. The van der Waals surface area contributed by atoms with E-state index in [2.05, 4.69) is 48.2 Å². The normalized spacial score (nSPS) is 17.5. The van der Waals surface area contributed by atoms with Gasteiger partial charge in [0.05, 0.1) is 0 Å². The molecule has 0 amide bonds. The Kier molecular flexibility index (Phi) is 5.55. The van der Waals surface area contributed by atoms with Crippen LogP contribution in [-0.4, -0.2) is 12.1 Å². The SMILES string of the molecule is CC(C)(C)OC=O.CC(C)C1NCc2ccccc21. The maximum absolute atomic E-state index is 9.60. The van der Waals surface area contributed by atoms with Crippen LogP contribution in [0.25, 0.3) is 0 Å². The molecular formula is C16H25NO2. The molecule has 0 spiro atoms. The number of nitrogens with one attached hydrogen (secondary N) is 1. The average Bonchev–Trinajstić information content (AvgIpc) is 2.71. The molecule has 0 fully saturated rings. The Labute approximate surface area is 116 Å². The van der Waals surface area contributed by atoms with Gasteiger partial charge in [0, 0.05) is 12.6 Å². The van der Waals surface area contributed by atoms with Crippen molar-refractivity contribution >= 4 is 6.47 Å². The molecule has 0 saturated heterocycles. The molecule has 1 heterocycles. The van der Waals surface area contributed by atoms with Gasteiger partial charge in [-0.2, -0.15) is 0 Å². The van der Waals surface area contributed by atoms with Crippen LogP contribution in [-0.2, 0) is 16.1 Å². The highest BCUT2D eigenvalue weighted by molar-refractivity contribution is 5.37. The smallest absolute Gasteiger partial charge is 0.293 e. The van der Waals surface area contributed by atoms with Crippen molar-refractivity contribution in [2.24, 2.45) is 5.92 Å². The van der Waals surface area contributed by atoms with Crippen molar-refractivity contribution < 1.29 is 9.53 Å². The average molecular weight is 263 g/mol. The summed E-state index contributed by atoms with van der Waals surface area (Å²) >= 11 is 0. The highest BCUT2D eigenvalue weighted by atomic mass is 16.5.